The highest BCUT2D eigenvalue weighted by Crippen LogP contribution is 2.24. The Kier molecular flexibility index (Phi) is 5.61. The van der Waals surface area contributed by atoms with E-state index >= 15 is 0 Å². The van der Waals surface area contributed by atoms with Crippen LogP contribution >= 0.6 is 0 Å². The third-order valence-electron chi connectivity index (χ3n) is 4.03. The molecule has 2 rings (SSSR count). The molecule has 132 valence electrons. The zero-order chi connectivity index (χ0) is 17.9. The number of aryl methyl sites for hydroxylation is 1. The zero-order valence-electron chi connectivity index (χ0n) is 14.2. The quantitative estimate of drug-likeness (QED) is 0.884. The van der Waals surface area contributed by atoms with E-state index in [0.29, 0.717) is 37.3 Å². The second-order valence-corrected chi connectivity index (χ2v) is 7.83. The third kappa shape index (κ3) is 4.12. The SMILES string of the molecule is CC(=O)Nc1ccc(C)c(S(=O)(=O)N2CCCN(C(C)=O)CC2)c1. The maximum atomic E-state index is 13.0. The van der Waals surface area contributed by atoms with Gasteiger partial charge in [0.2, 0.25) is 21.8 Å². The van der Waals surface area contributed by atoms with Crippen molar-refractivity contribution in [1.82, 2.24) is 9.21 Å². The molecule has 1 aromatic carbocycles. The molecule has 0 radical (unpaired) electrons. The van der Waals surface area contributed by atoms with Gasteiger partial charge in [-0.05, 0) is 31.0 Å². The molecule has 8 heteroatoms. The fourth-order valence-corrected chi connectivity index (χ4v) is 4.47. The second kappa shape index (κ2) is 7.31. The van der Waals surface area contributed by atoms with E-state index in [9.17, 15) is 18.0 Å². The van der Waals surface area contributed by atoms with Crippen LogP contribution < -0.4 is 5.32 Å². The Balaban J connectivity index is 2.29. The van der Waals surface area contributed by atoms with Gasteiger partial charge in [-0.25, -0.2) is 8.42 Å². The highest BCUT2D eigenvalue weighted by Gasteiger charge is 2.29. The van der Waals surface area contributed by atoms with Gasteiger partial charge in [0.25, 0.3) is 0 Å². The van der Waals surface area contributed by atoms with Crippen LogP contribution in [0.1, 0.15) is 25.8 Å². The van der Waals surface area contributed by atoms with Crippen LogP contribution in [0.5, 0.6) is 0 Å². The minimum atomic E-state index is -3.68. The highest BCUT2D eigenvalue weighted by atomic mass is 32.2. The number of nitrogens with one attached hydrogen (secondary N) is 1. The van der Waals surface area contributed by atoms with Gasteiger partial charge < -0.3 is 10.2 Å². The van der Waals surface area contributed by atoms with Gasteiger partial charge in [0.05, 0.1) is 4.90 Å². The Hall–Kier alpha value is -1.93. The van der Waals surface area contributed by atoms with Gasteiger partial charge >= 0.3 is 0 Å². The number of hydrogen-bond donors (Lipinski definition) is 1. The van der Waals surface area contributed by atoms with E-state index in [4.69, 9.17) is 0 Å². The van der Waals surface area contributed by atoms with Crippen LogP contribution in [0.25, 0.3) is 0 Å². The number of nitrogens with zero attached hydrogens (tertiary/aromatic N) is 2. The molecule has 0 spiro atoms. The van der Waals surface area contributed by atoms with Gasteiger partial charge in [0.1, 0.15) is 0 Å². The van der Waals surface area contributed by atoms with Crippen LogP contribution in [-0.2, 0) is 19.6 Å². The molecule has 7 nitrogen and oxygen atoms in total. The average molecular weight is 353 g/mol. The first kappa shape index (κ1) is 18.4. The van der Waals surface area contributed by atoms with Gasteiger partial charge in [-0.15, -0.1) is 0 Å². The zero-order valence-corrected chi connectivity index (χ0v) is 15.0. The van der Waals surface area contributed by atoms with E-state index in [1.54, 1.807) is 24.0 Å². The van der Waals surface area contributed by atoms with Crippen molar-refractivity contribution >= 4 is 27.5 Å². The first-order valence-electron chi connectivity index (χ1n) is 7.85. The number of hydrogen-bond acceptors (Lipinski definition) is 4. The first-order chi connectivity index (χ1) is 11.2. The van der Waals surface area contributed by atoms with Crippen molar-refractivity contribution in [3.05, 3.63) is 23.8 Å². The Labute approximate surface area is 142 Å². The standard InChI is InChI=1S/C16H23N3O4S/c1-12-5-6-15(17-13(2)20)11-16(12)24(22,23)19-8-4-7-18(9-10-19)14(3)21/h5-6,11H,4,7-10H2,1-3H3,(H,17,20). The van der Waals surface area contributed by atoms with E-state index in [1.807, 2.05) is 0 Å². The lowest BCUT2D eigenvalue weighted by Crippen LogP contribution is -2.36. The summed E-state index contributed by atoms with van der Waals surface area (Å²) in [6, 6.07) is 4.84. The van der Waals surface area contributed by atoms with Crippen molar-refractivity contribution in [3.8, 4) is 0 Å². The summed E-state index contributed by atoms with van der Waals surface area (Å²) < 4.78 is 27.4. The number of carbonyl (C=O) groups excluding carboxylic acids is 2. The second-order valence-electron chi connectivity index (χ2n) is 5.93. The van der Waals surface area contributed by atoms with Crippen molar-refractivity contribution in [2.45, 2.75) is 32.1 Å². The monoisotopic (exact) mass is 353 g/mol. The fraction of sp³-hybridized carbons (Fsp3) is 0.500. The Morgan fingerprint density at radius 2 is 1.79 bits per heavy atom. The van der Waals surface area contributed by atoms with Gasteiger partial charge in [-0.1, -0.05) is 6.07 Å². The van der Waals surface area contributed by atoms with Gasteiger partial charge in [0, 0.05) is 45.7 Å². The molecule has 1 N–H and O–H groups in total. The van der Waals surface area contributed by atoms with E-state index < -0.39 is 10.0 Å². The number of benzene rings is 1. The molecule has 1 heterocycles. The van der Waals surface area contributed by atoms with Crippen molar-refractivity contribution in [2.75, 3.05) is 31.5 Å². The van der Waals surface area contributed by atoms with Crippen LogP contribution in [0.4, 0.5) is 5.69 Å². The smallest absolute Gasteiger partial charge is 0.243 e. The molecule has 2 amide bonds. The van der Waals surface area contributed by atoms with Crippen LogP contribution in [0, 0.1) is 6.92 Å². The average Bonchev–Trinajstić information content (AvgIpc) is 2.75. The number of sulfonamides is 1. The summed E-state index contributed by atoms with van der Waals surface area (Å²) >= 11 is 0. The molecular weight excluding hydrogens is 330 g/mol. The summed E-state index contributed by atoms with van der Waals surface area (Å²) in [5.41, 5.74) is 1.07. The van der Waals surface area contributed by atoms with Crippen LogP contribution in [0.2, 0.25) is 0 Å². The van der Waals surface area contributed by atoms with Gasteiger partial charge in [-0.2, -0.15) is 4.31 Å². The summed E-state index contributed by atoms with van der Waals surface area (Å²) in [6.45, 7) is 6.18. The van der Waals surface area contributed by atoms with Crippen LogP contribution in [0.3, 0.4) is 0 Å². The molecule has 1 saturated heterocycles. The van der Waals surface area contributed by atoms with Crippen molar-refractivity contribution in [1.29, 1.82) is 0 Å². The molecule has 1 aromatic rings. The summed E-state index contributed by atoms with van der Waals surface area (Å²) in [5, 5.41) is 2.61. The molecule has 0 atom stereocenters. The lowest BCUT2D eigenvalue weighted by atomic mass is 10.2. The van der Waals surface area contributed by atoms with E-state index in [0.717, 1.165) is 0 Å². The van der Waals surface area contributed by atoms with Crippen LogP contribution in [0.15, 0.2) is 23.1 Å². The minimum absolute atomic E-state index is 0.0434. The number of carbonyl (C=O) groups is 2. The summed E-state index contributed by atoms with van der Waals surface area (Å²) in [4.78, 5) is 24.5. The molecule has 0 aromatic heterocycles. The van der Waals surface area contributed by atoms with Gasteiger partial charge in [0.15, 0.2) is 0 Å². The summed E-state index contributed by atoms with van der Waals surface area (Å²) in [5.74, 6) is -0.299. The molecule has 0 saturated carbocycles. The van der Waals surface area contributed by atoms with E-state index in [2.05, 4.69) is 5.32 Å². The summed E-state index contributed by atoms with van der Waals surface area (Å²) in [6.07, 6.45) is 0.600. The predicted octanol–water partition coefficient (Wildman–Crippen LogP) is 1.20. The van der Waals surface area contributed by atoms with Crippen molar-refractivity contribution < 1.29 is 18.0 Å². The molecule has 0 bridgehead atoms. The number of anilines is 1. The summed E-state index contributed by atoms with van der Waals surface area (Å²) in [7, 11) is -3.68. The van der Waals surface area contributed by atoms with Crippen LogP contribution in [-0.4, -0.2) is 55.6 Å². The Bertz CT molecular complexity index is 746. The van der Waals surface area contributed by atoms with Crippen molar-refractivity contribution in [3.63, 3.8) is 0 Å². The maximum Gasteiger partial charge on any atom is 0.243 e. The van der Waals surface area contributed by atoms with Crippen molar-refractivity contribution in [2.24, 2.45) is 0 Å². The van der Waals surface area contributed by atoms with Gasteiger partial charge in [-0.3, -0.25) is 9.59 Å². The third-order valence-corrected chi connectivity index (χ3v) is 6.07. The number of amides is 2. The predicted molar refractivity (Wildman–Crippen MR) is 91.1 cm³/mol. The number of rotatable bonds is 3. The molecular formula is C16H23N3O4S. The molecule has 24 heavy (non-hydrogen) atoms. The first-order valence-corrected chi connectivity index (χ1v) is 9.29. The molecule has 1 fully saturated rings. The fourth-order valence-electron chi connectivity index (χ4n) is 2.75. The molecule has 1 aliphatic rings. The minimum Gasteiger partial charge on any atom is -0.342 e. The Morgan fingerprint density at radius 1 is 1.08 bits per heavy atom. The Morgan fingerprint density at radius 3 is 2.42 bits per heavy atom. The topological polar surface area (TPSA) is 86.8 Å². The molecule has 1 aliphatic heterocycles. The normalized spacial score (nSPS) is 16.5. The van der Waals surface area contributed by atoms with E-state index in [1.165, 1.54) is 24.2 Å². The van der Waals surface area contributed by atoms with E-state index in [-0.39, 0.29) is 23.3 Å². The maximum absolute atomic E-state index is 13.0. The lowest BCUT2D eigenvalue weighted by molar-refractivity contribution is -0.128. The molecule has 0 aliphatic carbocycles. The largest absolute Gasteiger partial charge is 0.342 e. The lowest BCUT2D eigenvalue weighted by Gasteiger charge is -2.22. The molecule has 0 unspecified atom stereocenters. The highest BCUT2D eigenvalue weighted by molar-refractivity contribution is 7.89.